The Hall–Kier alpha value is -1.11. The number of carbonyl (C=O) groups is 2. The van der Waals surface area contributed by atoms with Gasteiger partial charge in [0.05, 0.1) is 10.7 Å². The Bertz CT molecular complexity index is 550. The molecule has 2 amide bonds. The smallest absolute Gasteiger partial charge is 0.313 e. The maximum absolute atomic E-state index is 11.7. The molecule has 0 heterocycles. The molecular formula is C15H18BrClN2O3. The van der Waals surface area contributed by atoms with Crippen LogP contribution in [0.15, 0.2) is 22.7 Å². The molecule has 0 aliphatic heterocycles. The van der Waals surface area contributed by atoms with E-state index in [1.807, 2.05) is 0 Å². The van der Waals surface area contributed by atoms with Crippen LogP contribution in [-0.4, -0.2) is 31.6 Å². The van der Waals surface area contributed by atoms with Gasteiger partial charge >= 0.3 is 11.8 Å². The van der Waals surface area contributed by atoms with Crippen molar-refractivity contribution in [3.63, 3.8) is 0 Å². The van der Waals surface area contributed by atoms with Gasteiger partial charge in [-0.1, -0.05) is 27.5 Å². The molecule has 0 radical (unpaired) electrons. The van der Waals surface area contributed by atoms with Crippen molar-refractivity contribution in [2.45, 2.75) is 19.3 Å². The molecule has 0 unspecified atom stereocenters. The Morgan fingerprint density at radius 2 is 2.09 bits per heavy atom. The molecule has 0 bridgehead atoms. The van der Waals surface area contributed by atoms with Crippen LogP contribution in [0, 0.1) is 5.92 Å². The first-order valence-corrected chi connectivity index (χ1v) is 8.35. The van der Waals surface area contributed by atoms with E-state index in [1.165, 1.54) is 12.8 Å². The van der Waals surface area contributed by atoms with Gasteiger partial charge in [0.25, 0.3) is 0 Å². The van der Waals surface area contributed by atoms with Crippen molar-refractivity contribution in [2.75, 3.05) is 25.1 Å². The van der Waals surface area contributed by atoms with Gasteiger partial charge in [-0.05, 0) is 43.4 Å². The maximum atomic E-state index is 11.7. The van der Waals surface area contributed by atoms with E-state index < -0.39 is 11.8 Å². The summed E-state index contributed by atoms with van der Waals surface area (Å²) in [4.78, 5) is 23.4. The Labute approximate surface area is 142 Å². The topological polar surface area (TPSA) is 67.4 Å². The highest BCUT2D eigenvalue weighted by Crippen LogP contribution is 2.28. The lowest BCUT2D eigenvalue weighted by molar-refractivity contribution is -0.136. The van der Waals surface area contributed by atoms with Crippen molar-refractivity contribution in [3.05, 3.63) is 27.7 Å². The van der Waals surface area contributed by atoms with E-state index in [1.54, 1.807) is 18.2 Å². The number of hydrogen-bond donors (Lipinski definition) is 2. The molecule has 1 aliphatic carbocycles. The van der Waals surface area contributed by atoms with E-state index in [0.717, 1.165) is 17.0 Å². The van der Waals surface area contributed by atoms with E-state index >= 15 is 0 Å². The zero-order valence-corrected chi connectivity index (χ0v) is 14.4. The molecule has 0 saturated heterocycles. The molecule has 5 nitrogen and oxygen atoms in total. The van der Waals surface area contributed by atoms with Crippen molar-refractivity contribution in [1.29, 1.82) is 0 Å². The van der Waals surface area contributed by atoms with Crippen molar-refractivity contribution in [1.82, 2.24) is 5.32 Å². The SMILES string of the molecule is O=C(NCCCOCC1CC1)C(=O)Nc1ccc(Br)cc1Cl. The Morgan fingerprint density at radius 1 is 1.32 bits per heavy atom. The van der Waals surface area contributed by atoms with Crippen LogP contribution >= 0.6 is 27.5 Å². The van der Waals surface area contributed by atoms with E-state index in [2.05, 4.69) is 26.6 Å². The largest absolute Gasteiger partial charge is 0.381 e. The van der Waals surface area contributed by atoms with Gasteiger partial charge in [-0.25, -0.2) is 0 Å². The minimum atomic E-state index is -0.733. The van der Waals surface area contributed by atoms with Gasteiger partial charge in [0, 0.05) is 24.2 Å². The second-order valence-corrected chi connectivity index (χ2v) is 6.53. The molecule has 2 rings (SSSR count). The van der Waals surface area contributed by atoms with Gasteiger partial charge in [0.15, 0.2) is 0 Å². The summed E-state index contributed by atoms with van der Waals surface area (Å²) >= 11 is 9.25. The first-order chi connectivity index (χ1) is 10.6. The number of rotatable bonds is 7. The van der Waals surface area contributed by atoms with Gasteiger partial charge in [-0.2, -0.15) is 0 Å². The number of carbonyl (C=O) groups excluding carboxylic acids is 2. The molecular weight excluding hydrogens is 372 g/mol. The molecule has 0 atom stereocenters. The normalized spacial score (nSPS) is 13.7. The van der Waals surface area contributed by atoms with Gasteiger partial charge < -0.3 is 15.4 Å². The fraction of sp³-hybridized carbons (Fsp3) is 0.467. The molecule has 0 aromatic heterocycles. The summed E-state index contributed by atoms with van der Waals surface area (Å²) in [5, 5.41) is 5.40. The van der Waals surface area contributed by atoms with Crippen LogP contribution in [0.25, 0.3) is 0 Å². The van der Waals surface area contributed by atoms with Crippen LogP contribution in [0.5, 0.6) is 0 Å². The molecule has 1 aromatic carbocycles. The predicted octanol–water partition coefficient (Wildman–Crippen LogP) is 2.97. The van der Waals surface area contributed by atoms with Crippen LogP contribution < -0.4 is 10.6 Å². The van der Waals surface area contributed by atoms with Crippen molar-refractivity contribution in [2.24, 2.45) is 5.92 Å². The summed E-state index contributed by atoms with van der Waals surface area (Å²) < 4.78 is 6.25. The van der Waals surface area contributed by atoms with Gasteiger partial charge in [-0.3, -0.25) is 9.59 Å². The van der Waals surface area contributed by atoms with Crippen LogP contribution in [0.4, 0.5) is 5.69 Å². The molecule has 1 saturated carbocycles. The standard InChI is InChI=1S/C15H18BrClN2O3/c16-11-4-5-13(12(17)8-11)19-15(21)14(20)18-6-1-7-22-9-10-2-3-10/h4-5,8,10H,1-3,6-7,9H2,(H,18,20)(H,19,21). The maximum Gasteiger partial charge on any atom is 0.313 e. The fourth-order valence-electron chi connectivity index (χ4n) is 1.76. The summed E-state index contributed by atoms with van der Waals surface area (Å²) in [6.45, 7) is 1.80. The first kappa shape index (κ1) is 17.2. The summed E-state index contributed by atoms with van der Waals surface area (Å²) in [5.74, 6) is -0.680. The van der Waals surface area contributed by atoms with Crippen LogP contribution in [0.2, 0.25) is 5.02 Å². The molecule has 1 aromatic rings. The molecule has 1 fully saturated rings. The lowest BCUT2D eigenvalue weighted by Gasteiger charge is -2.08. The number of ether oxygens (including phenoxy) is 1. The number of anilines is 1. The molecule has 120 valence electrons. The van der Waals surface area contributed by atoms with E-state index in [0.29, 0.717) is 30.3 Å². The van der Waals surface area contributed by atoms with Crippen molar-refractivity contribution < 1.29 is 14.3 Å². The zero-order chi connectivity index (χ0) is 15.9. The number of hydrogen-bond acceptors (Lipinski definition) is 3. The van der Waals surface area contributed by atoms with Crippen LogP contribution in [0.1, 0.15) is 19.3 Å². The minimum Gasteiger partial charge on any atom is -0.381 e. The van der Waals surface area contributed by atoms with Gasteiger partial charge in [-0.15, -0.1) is 0 Å². The molecule has 0 spiro atoms. The summed E-state index contributed by atoms with van der Waals surface area (Å²) in [5.41, 5.74) is 0.401. The summed E-state index contributed by atoms with van der Waals surface area (Å²) in [6.07, 6.45) is 3.20. The Balaban J connectivity index is 1.64. The van der Waals surface area contributed by atoms with Crippen molar-refractivity contribution in [3.8, 4) is 0 Å². The number of halogens is 2. The summed E-state index contributed by atoms with van der Waals surface area (Å²) in [7, 11) is 0. The lowest BCUT2D eigenvalue weighted by Crippen LogP contribution is -2.36. The minimum absolute atomic E-state index is 0.365. The van der Waals surface area contributed by atoms with Crippen molar-refractivity contribution >= 4 is 45.0 Å². The Kier molecular flexibility index (Phi) is 6.67. The first-order valence-electron chi connectivity index (χ1n) is 7.18. The highest BCUT2D eigenvalue weighted by atomic mass is 79.9. The van der Waals surface area contributed by atoms with E-state index in [4.69, 9.17) is 16.3 Å². The third-order valence-electron chi connectivity index (χ3n) is 3.19. The predicted molar refractivity (Wildman–Crippen MR) is 89.0 cm³/mol. The highest BCUT2D eigenvalue weighted by Gasteiger charge is 2.21. The van der Waals surface area contributed by atoms with Gasteiger partial charge in [0.1, 0.15) is 0 Å². The van der Waals surface area contributed by atoms with E-state index in [9.17, 15) is 9.59 Å². The molecule has 1 aliphatic rings. The zero-order valence-electron chi connectivity index (χ0n) is 12.0. The monoisotopic (exact) mass is 388 g/mol. The molecule has 22 heavy (non-hydrogen) atoms. The van der Waals surface area contributed by atoms with Gasteiger partial charge in [0.2, 0.25) is 0 Å². The average Bonchev–Trinajstić information content (AvgIpc) is 3.29. The quantitative estimate of drug-likeness (QED) is 0.556. The number of nitrogens with one attached hydrogen (secondary N) is 2. The Morgan fingerprint density at radius 3 is 2.77 bits per heavy atom. The summed E-state index contributed by atoms with van der Waals surface area (Å²) in [6, 6.07) is 5.01. The fourth-order valence-corrected chi connectivity index (χ4v) is 2.48. The second kappa shape index (κ2) is 8.50. The highest BCUT2D eigenvalue weighted by molar-refractivity contribution is 9.10. The van der Waals surface area contributed by atoms with Crippen LogP contribution in [0.3, 0.4) is 0 Å². The lowest BCUT2D eigenvalue weighted by atomic mass is 10.3. The molecule has 7 heteroatoms. The number of benzene rings is 1. The van der Waals surface area contributed by atoms with E-state index in [-0.39, 0.29) is 0 Å². The molecule has 2 N–H and O–H groups in total. The third-order valence-corrected chi connectivity index (χ3v) is 3.99. The third kappa shape index (κ3) is 5.94. The second-order valence-electron chi connectivity index (χ2n) is 5.21. The average molecular weight is 390 g/mol. The van der Waals surface area contributed by atoms with Crippen LogP contribution in [-0.2, 0) is 14.3 Å². The number of amides is 2.